The van der Waals surface area contributed by atoms with E-state index in [1.807, 2.05) is 0 Å². The summed E-state index contributed by atoms with van der Waals surface area (Å²) in [5.41, 5.74) is 0.109. The average Bonchev–Trinajstić information content (AvgIpc) is 2.68. The van der Waals surface area contributed by atoms with E-state index < -0.39 is 21.8 Å². The number of anilines is 1. The Morgan fingerprint density at radius 2 is 1.64 bits per heavy atom. The van der Waals surface area contributed by atoms with Gasteiger partial charge in [0.25, 0.3) is 10.0 Å². The van der Waals surface area contributed by atoms with Gasteiger partial charge in [-0.2, -0.15) is 8.42 Å². The van der Waals surface area contributed by atoms with Crippen LogP contribution < -0.4 is 9.31 Å². The van der Waals surface area contributed by atoms with Gasteiger partial charge in [0, 0.05) is 0 Å². The summed E-state index contributed by atoms with van der Waals surface area (Å²) in [5, 5.41) is 8.87. The van der Waals surface area contributed by atoms with Crippen molar-refractivity contribution in [2.75, 3.05) is 4.47 Å². The largest absolute Gasteiger partial charge is 0.478 e. The molecule has 0 fully saturated rings. The van der Waals surface area contributed by atoms with Gasteiger partial charge in [-0.3, -0.25) is 0 Å². The zero-order chi connectivity index (χ0) is 20.3. The lowest BCUT2D eigenvalue weighted by molar-refractivity contribution is 0.0696. The summed E-state index contributed by atoms with van der Waals surface area (Å²) in [4.78, 5) is 16.3. The molecular weight excluding hydrogens is 409 g/mol. The van der Waals surface area contributed by atoms with E-state index in [2.05, 4.69) is 0 Å². The first-order valence-electron chi connectivity index (χ1n) is 7.86. The van der Waals surface area contributed by atoms with Gasteiger partial charge in [0.1, 0.15) is 5.82 Å². The van der Waals surface area contributed by atoms with E-state index in [1.165, 1.54) is 30.3 Å². The Morgan fingerprint density at radius 3 is 2.21 bits per heavy atom. The van der Waals surface area contributed by atoms with Gasteiger partial charge in [-0.15, -0.1) is 0 Å². The highest BCUT2D eigenvalue weighted by molar-refractivity contribution is 7.92. The number of hydrogen-bond acceptors (Lipinski definition) is 4. The maximum Gasteiger partial charge on any atom is 0.335 e. The smallest absolute Gasteiger partial charge is 0.335 e. The van der Waals surface area contributed by atoms with Crippen molar-refractivity contribution >= 4 is 33.3 Å². The quantitative estimate of drug-likeness (QED) is 0.597. The van der Waals surface area contributed by atoms with Crippen LogP contribution in [0.3, 0.4) is 0 Å². The molecule has 0 spiro atoms. The molecule has 0 aliphatic rings. The van der Waals surface area contributed by atoms with E-state index >= 15 is 0 Å². The van der Waals surface area contributed by atoms with Crippen LogP contribution >= 0.6 is 11.6 Å². The summed E-state index contributed by atoms with van der Waals surface area (Å²) in [6, 6.07) is 15.9. The molecule has 6 nitrogen and oxygen atoms in total. The van der Waals surface area contributed by atoms with E-state index in [9.17, 15) is 17.6 Å². The number of carboxylic acid groups (broad SMARTS) is 1. The minimum atomic E-state index is -4.26. The third kappa shape index (κ3) is 4.08. The van der Waals surface area contributed by atoms with Crippen molar-refractivity contribution in [3.8, 4) is 5.75 Å². The third-order valence-electron chi connectivity index (χ3n) is 3.66. The van der Waals surface area contributed by atoms with E-state index in [0.717, 1.165) is 24.3 Å². The third-order valence-corrected chi connectivity index (χ3v) is 5.54. The summed E-state index contributed by atoms with van der Waals surface area (Å²) < 4.78 is 40.2. The predicted octanol–water partition coefficient (Wildman–Crippen LogP) is 4.37. The number of benzene rings is 3. The Balaban J connectivity index is 2.06. The van der Waals surface area contributed by atoms with Gasteiger partial charge in [-0.1, -0.05) is 34.3 Å². The number of nitrogens with zero attached hydrogens (tertiary/aromatic N) is 1. The molecular formula is C19H13ClFNO5S. The van der Waals surface area contributed by atoms with Gasteiger partial charge in [0.15, 0.2) is 5.75 Å². The molecule has 0 aliphatic heterocycles. The molecule has 1 N–H and O–H groups in total. The highest BCUT2D eigenvalue weighted by Gasteiger charge is 2.28. The fraction of sp³-hybridized carbons (Fsp3) is 0. The first kappa shape index (κ1) is 19.7. The number of halogens is 2. The number of para-hydroxylation sites is 1. The number of hydrogen-bond donors (Lipinski definition) is 1. The molecule has 0 radical (unpaired) electrons. The van der Waals surface area contributed by atoms with Crippen LogP contribution in [0.5, 0.6) is 5.75 Å². The molecule has 0 heterocycles. The van der Waals surface area contributed by atoms with Crippen molar-refractivity contribution in [2.24, 2.45) is 0 Å². The number of carboxylic acids is 1. The lowest BCUT2D eigenvalue weighted by atomic mass is 10.2. The molecule has 3 aromatic rings. The van der Waals surface area contributed by atoms with Gasteiger partial charge in [0.2, 0.25) is 0 Å². The van der Waals surface area contributed by atoms with Crippen LogP contribution in [0.15, 0.2) is 77.7 Å². The molecule has 0 aromatic heterocycles. The van der Waals surface area contributed by atoms with Crippen molar-refractivity contribution in [3.63, 3.8) is 0 Å². The van der Waals surface area contributed by atoms with Gasteiger partial charge in [-0.25, -0.2) is 9.18 Å². The van der Waals surface area contributed by atoms with Crippen LogP contribution in [0, 0.1) is 5.82 Å². The Kier molecular flexibility index (Phi) is 5.53. The topological polar surface area (TPSA) is 83.9 Å². The summed E-state index contributed by atoms with van der Waals surface area (Å²) in [5.74, 6) is -1.86. The zero-order valence-electron chi connectivity index (χ0n) is 14.1. The highest BCUT2D eigenvalue weighted by atomic mass is 35.5. The number of carbonyl (C=O) groups is 1. The Hall–Kier alpha value is -3.10. The highest BCUT2D eigenvalue weighted by Crippen LogP contribution is 2.30. The first-order chi connectivity index (χ1) is 13.3. The first-order valence-corrected chi connectivity index (χ1v) is 9.67. The second kappa shape index (κ2) is 7.87. The van der Waals surface area contributed by atoms with Crippen LogP contribution in [0.2, 0.25) is 5.02 Å². The monoisotopic (exact) mass is 421 g/mol. The Morgan fingerprint density at radius 1 is 1.00 bits per heavy atom. The number of rotatable bonds is 6. The van der Waals surface area contributed by atoms with Crippen LogP contribution in [0.25, 0.3) is 0 Å². The summed E-state index contributed by atoms with van der Waals surface area (Å²) in [6.45, 7) is 0. The normalized spacial score (nSPS) is 11.1. The van der Waals surface area contributed by atoms with Crippen LogP contribution in [0.1, 0.15) is 10.4 Å². The molecule has 0 unspecified atom stereocenters. The van der Waals surface area contributed by atoms with Crippen molar-refractivity contribution < 1.29 is 27.5 Å². The van der Waals surface area contributed by atoms with Gasteiger partial charge in [-0.05, 0) is 54.6 Å². The van der Waals surface area contributed by atoms with Gasteiger partial charge < -0.3 is 9.94 Å². The minimum Gasteiger partial charge on any atom is -0.478 e. The molecule has 9 heteroatoms. The molecule has 0 saturated carbocycles. The molecule has 0 amide bonds. The van der Waals surface area contributed by atoms with Gasteiger partial charge in [0.05, 0.1) is 21.2 Å². The summed E-state index contributed by atoms with van der Waals surface area (Å²) >= 11 is 5.96. The van der Waals surface area contributed by atoms with Crippen LogP contribution in [-0.2, 0) is 10.0 Å². The second-order valence-corrected chi connectivity index (χ2v) is 7.72. The van der Waals surface area contributed by atoms with Crippen LogP contribution in [-0.4, -0.2) is 19.5 Å². The SMILES string of the molecule is O=C(O)c1ccc(S(=O)(=O)N(Oc2ccc(F)cc2Cl)c2ccccc2)cc1. The maximum atomic E-state index is 13.3. The lowest BCUT2D eigenvalue weighted by Gasteiger charge is -2.24. The minimum absolute atomic E-state index is 0.0623. The summed E-state index contributed by atoms with van der Waals surface area (Å²) in [6.07, 6.45) is 0. The van der Waals surface area contributed by atoms with Crippen molar-refractivity contribution in [1.29, 1.82) is 0 Å². The van der Waals surface area contributed by atoms with E-state index in [1.54, 1.807) is 18.2 Å². The Bertz CT molecular complexity index is 1100. The Labute approximate surface area is 165 Å². The predicted molar refractivity (Wildman–Crippen MR) is 102 cm³/mol. The second-order valence-electron chi connectivity index (χ2n) is 5.56. The molecule has 0 bridgehead atoms. The van der Waals surface area contributed by atoms with Crippen molar-refractivity contribution in [3.05, 3.63) is 89.2 Å². The van der Waals surface area contributed by atoms with E-state index in [-0.39, 0.29) is 26.9 Å². The molecule has 28 heavy (non-hydrogen) atoms. The molecule has 3 rings (SSSR count). The maximum absolute atomic E-state index is 13.3. The van der Waals surface area contributed by atoms with Crippen molar-refractivity contribution in [1.82, 2.24) is 0 Å². The molecule has 144 valence electrons. The molecule has 0 saturated heterocycles. The average molecular weight is 422 g/mol. The molecule has 0 atom stereocenters. The van der Waals surface area contributed by atoms with E-state index in [4.69, 9.17) is 21.5 Å². The number of aromatic carboxylic acids is 1. The van der Waals surface area contributed by atoms with Crippen LogP contribution in [0.4, 0.5) is 10.1 Å². The number of sulfonamides is 1. The van der Waals surface area contributed by atoms with E-state index in [0.29, 0.717) is 4.47 Å². The summed E-state index contributed by atoms with van der Waals surface area (Å²) in [7, 11) is -4.26. The van der Waals surface area contributed by atoms with Gasteiger partial charge >= 0.3 is 5.97 Å². The fourth-order valence-electron chi connectivity index (χ4n) is 2.29. The fourth-order valence-corrected chi connectivity index (χ4v) is 3.74. The zero-order valence-corrected chi connectivity index (χ0v) is 15.7. The molecule has 3 aromatic carbocycles. The molecule has 0 aliphatic carbocycles. The van der Waals surface area contributed by atoms with Crippen molar-refractivity contribution in [2.45, 2.75) is 4.90 Å². The standard InChI is InChI=1S/C19H13ClFNO5S/c20-17-12-14(21)8-11-18(17)27-22(15-4-2-1-3-5-15)28(25,26)16-9-6-13(7-10-16)19(23)24/h1-12H,(H,23,24). The lowest BCUT2D eigenvalue weighted by Crippen LogP contribution is -2.34.